The molecule has 3 nitrogen and oxygen atoms in total. The van der Waals surface area contributed by atoms with Crippen LogP contribution in [-0.2, 0) is 13.1 Å². The van der Waals surface area contributed by atoms with Crippen LogP contribution in [0.15, 0.2) is 42.5 Å². The van der Waals surface area contributed by atoms with Gasteiger partial charge in [-0.25, -0.2) is 4.39 Å². The molecule has 0 fully saturated rings. The summed E-state index contributed by atoms with van der Waals surface area (Å²) < 4.78 is 13.6. The van der Waals surface area contributed by atoms with Crippen LogP contribution in [0.25, 0.3) is 0 Å². The van der Waals surface area contributed by atoms with Crippen LogP contribution in [0.1, 0.15) is 27.0 Å². The van der Waals surface area contributed by atoms with Crippen LogP contribution >= 0.6 is 0 Å². The molecule has 1 amide bonds. The van der Waals surface area contributed by atoms with Crippen molar-refractivity contribution in [2.75, 3.05) is 0 Å². The molecular formula is C16H17FN2O. The number of nitrogens with one attached hydrogen (secondary N) is 1. The van der Waals surface area contributed by atoms with Gasteiger partial charge in [-0.3, -0.25) is 4.79 Å². The summed E-state index contributed by atoms with van der Waals surface area (Å²) in [5, 5.41) is 2.71. The number of carbonyl (C=O) groups excluding carboxylic acids is 1. The predicted octanol–water partition coefficient (Wildman–Crippen LogP) is 2.52. The van der Waals surface area contributed by atoms with E-state index in [0.29, 0.717) is 13.1 Å². The van der Waals surface area contributed by atoms with Crippen molar-refractivity contribution in [3.05, 3.63) is 70.5 Å². The summed E-state index contributed by atoms with van der Waals surface area (Å²) in [4.78, 5) is 12.0. The first kappa shape index (κ1) is 14.2. The lowest BCUT2D eigenvalue weighted by molar-refractivity contribution is 0.0947. The molecule has 20 heavy (non-hydrogen) atoms. The molecule has 0 aromatic heterocycles. The smallest absolute Gasteiger partial charge is 0.254 e. The van der Waals surface area contributed by atoms with Crippen molar-refractivity contribution in [3.63, 3.8) is 0 Å². The van der Waals surface area contributed by atoms with E-state index in [1.54, 1.807) is 12.1 Å². The predicted molar refractivity (Wildman–Crippen MR) is 76.6 cm³/mol. The van der Waals surface area contributed by atoms with E-state index in [0.717, 1.165) is 16.7 Å². The summed E-state index contributed by atoms with van der Waals surface area (Å²) in [6.07, 6.45) is 0. The van der Waals surface area contributed by atoms with Crippen LogP contribution in [-0.4, -0.2) is 5.91 Å². The Labute approximate surface area is 117 Å². The topological polar surface area (TPSA) is 55.1 Å². The van der Waals surface area contributed by atoms with Crippen LogP contribution in [0.3, 0.4) is 0 Å². The first-order valence-electron chi connectivity index (χ1n) is 6.42. The molecule has 0 spiro atoms. The summed E-state index contributed by atoms with van der Waals surface area (Å²) in [6, 6.07) is 12.1. The monoisotopic (exact) mass is 272 g/mol. The van der Waals surface area contributed by atoms with E-state index < -0.39 is 11.7 Å². The highest BCUT2D eigenvalue weighted by Crippen LogP contribution is 2.10. The Morgan fingerprint density at radius 2 is 1.95 bits per heavy atom. The number of aryl methyl sites for hydroxylation is 1. The number of hydrogen-bond acceptors (Lipinski definition) is 2. The Hall–Kier alpha value is -2.20. The maximum atomic E-state index is 13.6. The SMILES string of the molecule is Cc1ccc(F)c(C(=O)NCc2cccc(CN)c2)c1. The Morgan fingerprint density at radius 3 is 2.70 bits per heavy atom. The van der Waals surface area contributed by atoms with Crippen LogP contribution in [0.5, 0.6) is 0 Å². The zero-order valence-electron chi connectivity index (χ0n) is 11.3. The summed E-state index contributed by atoms with van der Waals surface area (Å²) in [5.41, 5.74) is 8.42. The van der Waals surface area contributed by atoms with Crippen molar-refractivity contribution in [1.29, 1.82) is 0 Å². The molecule has 0 aliphatic carbocycles. The fourth-order valence-electron chi connectivity index (χ4n) is 1.96. The summed E-state index contributed by atoms with van der Waals surface area (Å²) in [7, 11) is 0. The molecule has 2 aromatic carbocycles. The van der Waals surface area contributed by atoms with E-state index in [1.165, 1.54) is 6.07 Å². The molecule has 2 rings (SSSR count). The first-order valence-corrected chi connectivity index (χ1v) is 6.42. The number of amides is 1. The van der Waals surface area contributed by atoms with Gasteiger partial charge in [-0.15, -0.1) is 0 Å². The first-order chi connectivity index (χ1) is 9.60. The van der Waals surface area contributed by atoms with Crippen molar-refractivity contribution in [1.82, 2.24) is 5.32 Å². The van der Waals surface area contributed by atoms with Gasteiger partial charge in [-0.05, 0) is 30.2 Å². The third-order valence-corrected chi connectivity index (χ3v) is 3.05. The van der Waals surface area contributed by atoms with Gasteiger partial charge in [0, 0.05) is 13.1 Å². The number of carbonyl (C=O) groups is 1. The number of hydrogen-bond donors (Lipinski definition) is 2. The quantitative estimate of drug-likeness (QED) is 0.898. The van der Waals surface area contributed by atoms with E-state index in [1.807, 2.05) is 31.2 Å². The number of benzene rings is 2. The van der Waals surface area contributed by atoms with Crippen molar-refractivity contribution < 1.29 is 9.18 Å². The van der Waals surface area contributed by atoms with Crippen molar-refractivity contribution >= 4 is 5.91 Å². The van der Waals surface area contributed by atoms with Gasteiger partial charge in [0.1, 0.15) is 5.82 Å². The van der Waals surface area contributed by atoms with E-state index in [2.05, 4.69) is 5.32 Å². The van der Waals surface area contributed by atoms with Crippen LogP contribution in [0.4, 0.5) is 4.39 Å². The minimum Gasteiger partial charge on any atom is -0.348 e. The van der Waals surface area contributed by atoms with Crippen LogP contribution in [0, 0.1) is 12.7 Å². The fourth-order valence-corrected chi connectivity index (χ4v) is 1.96. The standard InChI is InChI=1S/C16H17FN2O/c1-11-5-6-15(17)14(7-11)16(20)19-10-13-4-2-3-12(8-13)9-18/h2-8H,9-10,18H2,1H3,(H,19,20). The molecule has 0 aliphatic rings. The molecule has 0 saturated carbocycles. The number of rotatable bonds is 4. The highest BCUT2D eigenvalue weighted by molar-refractivity contribution is 5.94. The van der Waals surface area contributed by atoms with Crippen LogP contribution in [0.2, 0.25) is 0 Å². The fraction of sp³-hybridized carbons (Fsp3) is 0.188. The molecule has 3 N–H and O–H groups in total. The Morgan fingerprint density at radius 1 is 1.20 bits per heavy atom. The van der Waals surface area contributed by atoms with Crippen molar-refractivity contribution in [2.24, 2.45) is 5.73 Å². The highest BCUT2D eigenvalue weighted by atomic mass is 19.1. The highest BCUT2D eigenvalue weighted by Gasteiger charge is 2.11. The molecule has 2 aromatic rings. The second-order valence-corrected chi connectivity index (χ2v) is 4.69. The third-order valence-electron chi connectivity index (χ3n) is 3.05. The Bertz CT molecular complexity index is 626. The minimum absolute atomic E-state index is 0.0694. The molecule has 4 heteroatoms. The molecule has 0 heterocycles. The lowest BCUT2D eigenvalue weighted by Crippen LogP contribution is -2.24. The van der Waals surface area contributed by atoms with E-state index in [4.69, 9.17) is 5.73 Å². The summed E-state index contributed by atoms with van der Waals surface area (Å²) in [5.74, 6) is -0.923. The average Bonchev–Trinajstić information content (AvgIpc) is 2.47. The van der Waals surface area contributed by atoms with Gasteiger partial charge in [0.25, 0.3) is 5.91 Å². The number of halogens is 1. The minimum atomic E-state index is -0.510. The zero-order valence-corrected chi connectivity index (χ0v) is 11.3. The molecular weight excluding hydrogens is 255 g/mol. The van der Waals surface area contributed by atoms with Gasteiger partial charge in [0.05, 0.1) is 5.56 Å². The van der Waals surface area contributed by atoms with E-state index >= 15 is 0 Å². The van der Waals surface area contributed by atoms with Gasteiger partial charge in [0.15, 0.2) is 0 Å². The van der Waals surface area contributed by atoms with E-state index in [-0.39, 0.29) is 5.56 Å². The molecule has 0 saturated heterocycles. The summed E-state index contributed by atoms with van der Waals surface area (Å²) in [6.45, 7) is 2.62. The second-order valence-electron chi connectivity index (χ2n) is 4.69. The van der Waals surface area contributed by atoms with Gasteiger partial charge in [-0.1, -0.05) is 35.9 Å². The molecule has 0 unspecified atom stereocenters. The van der Waals surface area contributed by atoms with E-state index in [9.17, 15) is 9.18 Å². The lowest BCUT2D eigenvalue weighted by atomic mass is 10.1. The third kappa shape index (κ3) is 3.42. The van der Waals surface area contributed by atoms with Crippen LogP contribution < -0.4 is 11.1 Å². The Kier molecular flexibility index (Phi) is 4.48. The Balaban J connectivity index is 2.06. The van der Waals surface area contributed by atoms with Gasteiger partial charge < -0.3 is 11.1 Å². The zero-order chi connectivity index (χ0) is 14.5. The van der Waals surface area contributed by atoms with Crippen molar-refractivity contribution in [2.45, 2.75) is 20.0 Å². The van der Waals surface area contributed by atoms with Gasteiger partial charge in [-0.2, -0.15) is 0 Å². The van der Waals surface area contributed by atoms with Gasteiger partial charge in [0.2, 0.25) is 0 Å². The maximum Gasteiger partial charge on any atom is 0.254 e. The molecule has 0 radical (unpaired) electrons. The molecule has 0 aliphatic heterocycles. The molecule has 0 bridgehead atoms. The summed E-state index contributed by atoms with van der Waals surface area (Å²) >= 11 is 0. The second kappa shape index (κ2) is 6.30. The lowest BCUT2D eigenvalue weighted by Gasteiger charge is -2.08. The van der Waals surface area contributed by atoms with Crippen molar-refractivity contribution in [3.8, 4) is 0 Å². The average molecular weight is 272 g/mol. The molecule has 104 valence electrons. The maximum absolute atomic E-state index is 13.6. The normalized spacial score (nSPS) is 10.3. The number of nitrogens with two attached hydrogens (primary N) is 1. The molecule has 0 atom stereocenters. The largest absolute Gasteiger partial charge is 0.348 e. The van der Waals surface area contributed by atoms with Gasteiger partial charge >= 0.3 is 0 Å².